The lowest BCUT2D eigenvalue weighted by Crippen LogP contribution is -2.22. The molecule has 0 bridgehead atoms. The second-order valence-electron chi connectivity index (χ2n) is 8.96. The van der Waals surface area contributed by atoms with Crippen molar-refractivity contribution in [1.29, 1.82) is 5.26 Å². The van der Waals surface area contributed by atoms with E-state index in [0.717, 1.165) is 5.56 Å². The third-order valence-corrected chi connectivity index (χ3v) is 5.90. The number of methoxy groups -OCH3 is 1. The molecule has 1 aliphatic heterocycles. The van der Waals surface area contributed by atoms with Gasteiger partial charge in [-0.2, -0.15) is 5.26 Å². The molecule has 1 atom stereocenters. The first-order valence-corrected chi connectivity index (χ1v) is 12.3. The van der Waals surface area contributed by atoms with Crippen LogP contribution in [0.2, 0.25) is 5.02 Å². The lowest BCUT2D eigenvalue weighted by molar-refractivity contribution is -0.136. The molecule has 38 heavy (non-hydrogen) atoms. The fourth-order valence-corrected chi connectivity index (χ4v) is 4.12. The quantitative estimate of drug-likeness (QED) is 0.279. The molecule has 3 aromatic rings. The number of nitriles is 1. The molecule has 0 saturated heterocycles. The summed E-state index contributed by atoms with van der Waals surface area (Å²) in [6.07, 6.45) is 0. The first kappa shape index (κ1) is 26.7. The van der Waals surface area contributed by atoms with Crippen LogP contribution in [0.25, 0.3) is 0 Å². The van der Waals surface area contributed by atoms with E-state index in [1.165, 1.54) is 0 Å². The number of allylic oxidation sites excluding steroid dienone is 1. The summed E-state index contributed by atoms with van der Waals surface area (Å²) in [5, 5.41) is 10.4. The molecule has 2 N–H and O–H groups in total. The minimum atomic E-state index is -0.611. The molecule has 196 valence electrons. The van der Waals surface area contributed by atoms with Crippen molar-refractivity contribution in [2.24, 2.45) is 11.7 Å². The summed E-state index contributed by atoms with van der Waals surface area (Å²) >= 11 is 5.94. The number of ether oxygens (including phenoxy) is 5. The third kappa shape index (κ3) is 6.13. The van der Waals surface area contributed by atoms with E-state index in [9.17, 15) is 10.1 Å². The Kier molecular flexibility index (Phi) is 8.29. The standard InChI is InChI=1S/C29H27ClN2O6/c1-17(2)15-36-24-10-7-18(11-26(24)34-3)28-22-9-8-21(13-25(22)38-29(32)23(28)14-31)37-27(33)16-35-20-6-4-5-19(30)12-20/h4-13,17,28H,15-16,32H2,1-3H3. The van der Waals surface area contributed by atoms with Gasteiger partial charge >= 0.3 is 5.97 Å². The number of carbonyl (C=O) groups excluding carboxylic acids is 1. The Hall–Kier alpha value is -4.35. The van der Waals surface area contributed by atoms with E-state index >= 15 is 0 Å². The molecule has 9 heteroatoms. The van der Waals surface area contributed by atoms with Crippen LogP contribution in [0.5, 0.6) is 28.7 Å². The topological polar surface area (TPSA) is 113 Å². The molecule has 0 spiro atoms. The fraction of sp³-hybridized carbons (Fsp3) is 0.241. The highest BCUT2D eigenvalue weighted by Crippen LogP contribution is 2.45. The van der Waals surface area contributed by atoms with Crippen molar-refractivity contribution in [3.05, 3.63) is 88.3 Å². The summed E-state index contributed by atoms with van der Waals surface area (Å²) in [5.74, 6) is 1.39. The lowest BCUT2D eigenvalue weighted by Gasteiger charge is -2.27. The fourth-order valence-electron chi connectivity index (χ4n) is 3.94. The maximum absolute atomic E-state index is 12.4. The molecule has 8 nitrogen and oxygen atoms in total. The van der Waals surface area contributed by atoms with Crippen LogP contribution < -0.4 is 29.4 Å². The van der Waals surface area contributed by atoms with Gasteiger partial charge in [0.2, 0.25) is 5.88 Å². The smallest absolute Gasteiger partial charge is 0.349 e. The van der Waals surface area contributed by atoms with E-state index in [-0.39, 0.29) is 23.8 Å². The minimum absolute atomic E-state index is 0.0307. The summed E-state index contributed by atoms with van der Waals surface area (Å²) in [7, 11) is 1.56. The molecule has 1 aliphatic rings. The van der Waals surface area contributed by atoms with Crippen molar-refractivity contribution in [1.82, 2.24) is 0 Å². The normalized spacial score (nSPS) is 14.3. The van der Waals surface area contributed by atoms with Gasteiger partial charge < -0.3 is 29.4 Å². The van der Waals surface area contributed by atoms with Crippen LogP contribution in [0, 0.1) is 17.2 Å². The van der Waals surface area contributed by atoms with Gasteiger partial charge in [0.25, 0.3) is 0 Å². The Bertz CT molecular complexity index is 1410. The molecule has 0 radical (unpaired) electrons. The maximum atomic E-state index is 12.4. The Morgan fingerprint density at radius 3 is 2.61 bits per heavy atom. The Morgan fingerprint density at radius 1 is 1.08 bits per heavy atom. The molecule has 1 heterocycles. The van der Waals surface area contributed by atoms with Crippen LogP contribution in [0.1, 0.15) is 30.9 Å². The Labute approximate surface area is 226 Å². The van der Waals surface area contributed by atoms with Gasteiger partial charge in [-0.15, -0.1) is 0 Å². The summed E-state index contributed by atoms with van der Waals surface area (Å²) in [5.41, 5.74) is 7.84. The van der Waals surface area contributed by atoms with Gasteiger partial charge in [-0.05, 0) is 47.9 Å². The van der Waals surface area contributed by atoms with E-state index in [1.807, 2.05) is 18.2 Å². The van der Waals surface area contributed by atoms with Crippen molar-refractivity contribution in [2.45, 2.75) is 19.8 Å². The van der Waals surface area contributed by atoms with Gasteiger partial charge in [0.05, 0.1) is 19.6 Å². The Morgan fingerprint density at radius 2 is 1.89 bits per heavy atom. The number of fused-ring (bicyclic) bond motifs is 1. The van der Waals surface area contributed by atoms with Crippen LogP contribution in [0.15, 0.2) is 72.1 Å². The number of hydrogen-bond acceptors (Lipinski definition) is 8. The van der Waals surface area contributed by atoms with E-state index in [4.69, 9.17) is 41.0 Å². The van der Waals surface area contributed by atoms with Crippen LogP contribution in [0.3, 0.4) is 0 Å². The first-order chi connectivity index (χ1) is 18.3. The zero-order valence-electron chi connectivity index (χ0n) is 21.2. The van der Waals surface area contributed by atoms with E-state index in [2.05, 4.69) is 19.9 Å². The van der Waals surface area contributed by atoms with Gasteiger partial charge in [-0.25, -0.2) is 4.79 Å². The number of halogens is 1. The molecular formula is C29H27ClN2O6. The summed E-state index contributed by atoms with van der Waals surface area (Å²) < 4.78 is 28.0. The van der Waals surface area contributed by atoms with Gasteiger partial charge in [-0.3, -0.25) is 0 Å². The average Bonchev–Trinajstić information content (AvgIpc) is 2.89. The molecule has 4 rings (SSSR count). The lowest BCUT2D eigenvalue weighted by atomic mass is 9.83. The number of benzene rings is 3. The van der Waals surface area contributed by atoms with Gasteiger partial charge in [0.15, 0.2) is 18.1 Å². The molecule has 1 unspecified atom stereocenters. The molecule has 0 fully saturated rings. The highest BCUT2D eigenvalue weighted by atomic mass is 35.5. The van der Waals surface area contributed by atoms with Crippen LogP contribution in [-0.2, 0) is 4.79 Å². The van der Waals surface area contributed by atoms with Crippen LogP contribution in [-0.4, -0.2) is 26.3 Å². The van der Waals surface area contributed by atoms with Crippen molar-refractivity contribution < 1.29 is 28.5 Å². The molecule has 0 saturated carbocycles. The van der Waals surface area contributed by atoms with Gasteiger partial charge in [0.1, 0.15) is 28.9 Å². The second kappa shape index (κ2) is 11.8. The molecule has 3 aromatic carbocycles. The highest BCUT2D eigenvalue weighted by molar-refractivity contribution is 6.30. The van der Waals surface area contributed by atoms with Crippen molar-refractivity contribution in [2.75, 3.05) is 20.3 Å². The SMILES string of the molecule is COc1cc(C2C(C#N)=C(N)Oc3cc(OC(=O)COc4cccc(Cl)c4)ccc32)ccc1OCC(C)C. The number of hydrogen-bond donors (Lipinski definition) is 1. The van der Waals surface area contributed by atoms with E-state index in [0.29, 0.717) is 46.1 Å². The number of nitrogens with zero attached hydrogens (tertiary/aromatic N) is 1. The minimum Gasteiger partial charge on any atom is -0.493 e. The predicted molar refractivity (Wildman–Crippen MR) is 142 cm³/mol. The van der Waals surface area contributed by atoms with E-state index in [1.54, 1.807) is 49.6 Å². The van der Waals surface area contributed by atoms with Crippen molar-refractivity contribution >= 4 is 17.6 Å². The molecular weight excluding hydrogens is 508 g/mol. The highest BCUT2D eigenvalue weighted by Gasteiger charge is 2.31. The summed E-state index contributed by atoms with van der Waals surface area (Å²) in [6, 6.07) is 19.3. The number of nitrogens with two attached hydrogens (primary N) is 1. The Balaban J connectivity index is 1.57. The summed E-state index contributed by atoms with van der Waals surface area (Å²) in [4.78, 5) is 12.4. The second-order valence-corrected chi connectivity index (χ2v) is 9.40. The average molecular weight is 535 g/mol. The van der Waals surface area contributed by atoms with Crippen LogP contribution in [0.4, 0.5) is 0 Å². The third-order valence-electron chi connectivity index (χ3n) is 5.67. The van der Waals surface area contributed by atoms with Crippen LogP contribution >= 0.6 is 11.6 Å². The van der Waals surface area contributed by atoms with Crippen molar-refractivity contribution in [3.8, 4) is 34.8 Å². The monoisotopic (exact) mass is 534 g/mol. The first-order valence-electron chi connectivity index (χ1n) is 11.9. The van der Waals surface area contributed by atoms with E-state index < -0.39 is 11.9 Å². The largest absolute Gasteiger partial charge is 0.493 e. The number of carbonyl (C=O) groups is 1. The molecule has 0 aliphatic carbocycles. The zero-order valence-corrected chi connectivity index (χ0v) is 22.0. The molecule has 0 aromatic heterocycles. The number of esters is 1. The predicted octanol–water partition coefficient (Wildman–Crippen LogP) is 5.59. The number of rotatable bonds is 9. The van der Waals surface area contributed by atoms with Crippen molar-refractivity contribution in [3.63, 3.8) is 0 Å². The molecule has 0 amide bonds. The summed E-state index contributed by atoms with van der Waals surface area (Å²) in [6.45, 7) is 4.35. The van der Waals surface area contributed by atoms with Gasteiger partial charge in [0, 0.05) is 16.7 Å². The zero-order chi connectivity index (χ0) is 27.2. The van der Waals surface area contributed by atoms with Gasteiger partial charge in [-0.1, -0.05) is 43.6 Å². The maximum Gasteiger partial charge on any atom is 0.349 e.